The molecular formula is C34H36F3N3O7. The van der Waals surface area contributed by atoms with Crippen molar-refractivity contribution in [1.82, 2.24) is 9.80 Å². The van der Waals surface area contributed by atoms with Gasteiger partial charge in [-0.1, -0.05) is 24.3 Å². The molecule has 2 aromatic rings. The van der Waals surface area contributed by atoms with Crippen LogP contribution < -0.4 is 5.73 Å². The number of aliphatic hydroxyl groups is 1. The van der Waals surface area contributed by atoms with Crippen molar-refractivity contribution in [3.8, 4) is 16.9 Å². The van der Waals surface area contributed by atoms with Gasteiger partial charge in [0, 0.05) is 12.5 Å². The fourth-order valence-corrected chi connectivity index (χ4v) is 8.39. The summed E-state index contributed by atoms with van der Waals surface area (Å²) in [5.74, 6) is -12.5. The Morgan fingerprint density at radius 2 is 1.74 bits per heavy atom. The SMILES string of the molecule is CN(C)[C@@H]1C(=O)C(C(N)=O)C(=O)[C@@]2(O)C(=O)C3C(=O)c4c(O)ccc(-c5cccc(CN6CCC(C(F)(F)F)CC6)c5)c4C[C@H]3C[C@@H]12. The van der Waals surface area contributed by atoms with E-state index in [0.29, 0.717) is 36.3 Å². The zero-order valence-corrected chi connectivity index (χ0v) is 25.9. The minimum atomic E-state index is -4.20. The first kappa shape index (κ1) is 33.0. The first-order chi connectivity index (χ1) is 22.0. The highest BCUT2D eigenvalue weighted by Gasteiger charge is 2.69. The third-order valence-corrected chi connectivity index (χ3v) is 10.6. The fraction of sp³-hybridized carbons (Fsp3) is 0.500. The standard InChI is InChI=1S/C34H36F3N3O7/c1-39(2)27-22-14-18-13-21-20(17-5-3-4-16(12-17)15-40-10-8-19(9-11-40)34(35,36)37)6-7-23(41)25(21)28(42)24(18)30(44)33(22,47)31(45)26(29(27)43)32(38)46/h3-7,12,18-19,22,24,26-27,41,47H,8-11,13-15H2,1-2H3,(H2,38,46)/t18-,22-,24?,26?,27-,33-/m0/s1. The van der Waals surface area contributed by atoms with Crippen LogP contribution in [0.5, 0.6) is 5.75 Å². The number of halogens is 3. The number of Topliss-reactive ketones (excluding diaryl/α,β-unsaturated/α-hetero) is 4. The first-order valence-corrected chi connectivity index (χ1v) is 15.6. The highest BCUT2D eigenvalue weighted by molar-refractivity contribution is 6.32. The molecule has 2 saturated carbocycles. The number of hydrogen-bond donors (Lipinski definition) is 3. The molecule has 250 valence electrons. The van der Waals surface area contributed by atoms with Gasteiger partial charge in [0.1, 0.15) is 5.75 Å². The average Bonchev–Trinajstić information content (AvgIpc) is 2.99. The summed E-state index contributed by atoms with van der Waals surface area (Å²) in [4.78, 5) is 70.4. The number of nitrogens with zero attached hydrogens (tertiary/aromatic N) is 2. The van der Waals surface area contributed by atoms with Gasteiger partial charge in [-0.15, -0.1) is 0 Å². The molecule has 0 spiro atoms. The molecule has 2 aromatic carbocycles. The number of rotatable bonds is 5. The van der Waals surface area contributed by atoms with E-state index in [1.807, 2.05) is 23.1 Å². The first-order valence-electron chi connectivity index (χ1n) is 15.6. The van der Waals surface area contributed by atoms with Crippen LogP contribution >= 0.6 is 0 Å². The lowest BCUT2D eigenvalue weighted by Crippen LogP contribution is -2.74. The number of piperidine rings is 1. The molecule has 1 heterocycles. The highest BCUT2D eigenvalue weighted by Crippen LogP contribution is 2.51. The number of carbonyl (C=O) groups excluding carboxylic acids is 5. The number of phenolic OH excluding ortho intramolecular Hbond substituents is 1. The van der Waals surface area contributed by atoms with Gasteiger partial charge in [-0.05, 0) is 93.2 Å². The van der Waals surface area contributed by atoms with Crippen molar-refractivity contribution in [2.75, 3.05) is 27.2 Å². The molecule has 6 atom stereocenters. The summed E-state index contributed by atoms with van der Waals surface area (Å²) in [7, 11) is 3.05. The van der Waals surface area contributed by atoms with Gasteiger partial charge in [0.2, 0.25) is 5.91 Å². The summed E-state index contributed by atoms with van der Waals surface area (Å²) in [6.07, 6.45) is -4.09. The van der Waals surface area contributed by atoms with Gasteiger partial charge in [-0.25, -0.2) is 0 Å². The zero-order chi connectivity index (χ0) is 34.2. The Morgan fingerprint density at radius 1 is 1.06 bits per heavy atom. The van der Waals surface area contributed by atoms with E-state index in [1.165, 1.54) is 25.1 Å². The van der Waals surface area contributed by atoms with Crippen LogP contribution in [0.3, 0.4) is 0 Å². The highest BCUT2D eigenvalue weighted by atomic mass is 19.4. The van der Waals surface area contributed by atoms with Crippen LogP contribution in [0, 0.1) is 29.6 Å². The Kier molecular flexibility index (Phi) is 8.17. The number of primary amides is 1. The Hall–Kier alpha value is -3.94. The van der Waals surface area contributed by atoms with Gasteiger partial charge in [0.25, 0.3) is 0 Å². The molecule has 47 heavy (non-hydrogen) atoms. The van der Waals surface area contributed by atoms with E-state index >= 15 is 0 Å². The van der Waals surface area contributed by atoms with Crippen LogP contribution in [0.15, 0.2) is 36.4 Å². The summed E-state index contributed by atoms with van der Waals surface area (Å²) in [5.41, 5.74) is 5.11. The Bertz CT molecular complexity index is 1680. The van der Waals surface area contributed by atoms with E-state index in [0.717, 1.165) is 5.56 Å². The molecule has 1 amide bonds. The van der Waals surface area contributed by atoms with E-state index < -0.39 is 76.4 Å². The molecule has 13 heteroatoms. The summed E-state index contributed by atoms with van der Waals surface area (Å²) in [6.45, 7) is 1.04. The summed E-state index contributed by atoms with van der Waals surface area (Å²) in [5, 5.41) is 22.6. The molecule has 4 aliphatic rings. The molecule has 0 bridgehead atoms. The molecule has 10 nitrogen and oxygen atoms in total. The van der Waals surface area contributed by atoms with Gasteiger partial charge in [-0.2, -0.15) is 13.2 Å². The van der Waals surface area contributed by atoms with Crippen LogP contribution in [-0.2, 0) is 32.1 Å². The third-order valence-electron chi connectivity index (χ3n) is 10.6. The van der Waals surface area contributed by atoms with Gasteiger partial charge >= 0.3 is 6.18 Å². The van der Waals surface area contributed by atoms with Crippen molar-refractivity contribution >= 4 is 29.0 Å². The van der Waals surface area contributed by atoms with Crippen molar-refractivity contribution in [2.24, 2.45) is 35.3 Å². The number of ketones is 4. The number of hydrogen-bond acceptors (Lipinski definition) is 9. The van der Waals surface area contributed by atoms with Crippen LogP contribution in [-0.4, -0.2) is 94.1 Å². The number of alkyl halides is 3. The number of phenols is 1. The number of benzene rings is 2. The number of likely N-dealkylation sites (tertiary alicyclic amines) is 1. The molecular weight excluding hydrogens is 619 g/mol. The van der Waals surface area contributed by atoms with Gasteiger partial charge < -0.3 is 15.9 Å². The molecule has 4 N–H and O–H groups in total. The number of nitrogens with two attached hydrogens (primary N) is 1. The lowest BCUT2D eigenvalue weighted by molar-refractivity contribution is -0.185. The van der Waals surface area contributed by atoms with Crippen molar-refractivity contribution in [1.29, 1.82) is 0 Å². The molecule has 0 aromatic heterocycles. The molecule has 1 saturated heterocycles. The van der Waals surface area contributed by atoms with Crippen LogP contribution in [0.2, 0.25) is 0 Å². The molecule has 3 fully saturated rings. The lowest BCUT2D eigenvalue weighted by atomic mass is 9.52. The normalized spacial score (nSPS) is 30.2. The molecule has 1 aliphatic heterocycles. The lowest BCUT2D eigenvalue weighted by Gasteiger charge is -2.52. The summed E-state index contributed by atoms with van der Waals surface area (Å²) >= 11 is 0. The largest absolute Gasteiger partial charge is 0.507 e. The van der Waals surface area contributed by atoms with E-state index in [9.17, 15) is 47.4 Å². The van der Waals surface area contributed by atoms with Crippen molar-refractivity contribution < 1.29 is 47.4 Å². The number of amides is 1. The molecule has 6 rings (SSSR count). The summed E-state index contributed by atoms with van der Waals surface area (Å²) in [6, 6.07) is 9.17. The van der Waals surface area contributed by atoms with E-state index in [1.54, 1.807) is 12.1 Å². The molecule has 2 unspecified atom stereocenters. The maximum Gasteiger partial charge on any atom is 0.391 e. The maximum atomic E-state index is 14.1. The summed E-state index contributed by atoms with van der Waals surface area (Å²) < 4.78 is 39.4. The monoisotopic (exact) mass is 655 g/mol. The predicted octanol–water partition coefficient (Wildman–Crippen LogP) is 2.31. The Labute approximate surface area is 268 Å². The Morgan fingerprint density at radius 3 is 2.36 bits per heavy atom. The van der Waals surface area contributed by atoms with Crippen molar-refractivity contribution in [3.05, 3.63) is 53.1 Å². The Balaban J connectivity index is 1.34. The molecule has 3 aliphatic carbocycles. The predicted molar refractivity (Wildman–Crippen MR) is 161 cm³/mol. The van der Waals surface area contributed by atoms with Gasteiger partial charge in [0.15, 0.2) is 34.7 Å². The number of carbonyl (C=O) groups is 5. The van der Waals surface area contributed by atoms with Gasteiger partial charge in [-0.3, -0.25) is 33.8 Å². The van der Waals surface area contributed by atoms with Gasteiger partial charge in [0.05, 0.1) is 23.4 Å². The average molecular weight is 656 g/mol. The second-order valence-electron chi connectivity index (χ2n) is 13.6. The minimum absolute atomic E-state index is 0.0310. The zero-order valence-electron chi connectivity index (χ0n) is 25.9. The van der Waals surface area contributed by atoms with E-state index in [4.69, 9.17) is 5.73 Å². The van der Waals surface area contributed by atoms with Crippen LogP contribution in [0.4, 0.5) is 13.2 Å². The van der Waals surface area contributed by atoms with E-state index in [-0.39, 0.29) is 37.0 Å². The number of likely N-dealkylation sites (N-methyl/N-ethyl adjacent to an activating group) is 1. The molecule has 0 radical (unpaired) electrons. The minimum Gasteiger partial charge on any atom is -0.507 e. The third kappa shape index (κ3) is 5.28. The maximum absolute atomic E-state index is 14.1. The quantitative estimate of drug-likeness (QED) is 0.411. The topological polar surface area (TPSA) is 158 Å². The van der Waals surface area contributed by atoms with E-state index in [2.05, 4.69) is 0 Å². The second kappa shape index (κ2) is 11.6. The second-order valence-corrected chi connectivity index (χ2v) is 13.6. The van der Waals surface area contributed by atoms with Crippen molar-refractivity contribution in [3.63, 3.8) is 0 Å². The number of aromatic hydroxyl groups is 1. The fourth-order valence-electron chi connectivity index (χ4n) is 8.39. The van der Waals surface area contributed by atoms with Crippen molar-refractivity contribution in [2.45, 2.75) is 50.0 Å². The van der Waals surface area contributed by atoms with Crippen LogP contribution in [0.1, 0.15) is 40.7 Å². The number of fused-ring (bicyclic) bond motifs is 3. The van der Waals surface area contributed by atoms with Crippen LogP contribution in [0.25, 0.3) is 11.1 Å². The smallest absolute Gasteiger partial charge is 0.391 e.